The SMILES string of the molecule is O=C1N(C2CCCC2)CCC12CCCN2Cc1ccc(Cl)cc1. The van der Waals surface area contributed by atoms with Gasteiger partial charge in [-0.3, -0.25) is 9.69 Å². The Morgan fingerprint density at radius 3 is 2.52 bits per heavy atom. The molecule has 1 spiro atoms. The largest absolute Gasteiger partial charge is 0.338 e. The van der Waals surface area contributed by atoms with Crippen LogP contribution in [0.4, 0.5) is 0 Å². The molecule has 1 amide bonds. The van der Waals surface area contributed by atoms with E-state index in [-0.39, 0.29) is 5.54 Å². The van der Waals surface area contributed by atoms with E-state index >= 15 is 0 Å². The number of hydrogen-bond acceptors (Lipinski definition) is 2. The molecule has 3 fully saturated rings. The van der Waals surface area contributed by atoms with Gasteiger partial charge < -0.3 is 4.90 Å². The summed E-state index contributed by atoms with van der Waals surface area (Å²) in [5.41, 5.74) is 1.03. The van der Waals surface area contributed by atoms with E-state index in [1.54, 1.807) is 0 Å². The van der Waals surface area contributed by atoms with E-state index in [1.165, 1.54) is 31.2 Å². The Balaban J connectivity index is 1.52. The first-order valence-corrected chi connectivity index (χ1v) is 9.37. The molecule has 23 heavy (non-hydrogen) atoms. The van der Waals surface area contributed by atoms with Gasteiger partial charge in [0.1, 0.15) is 5.54 Å². The van der Waals surface area contributed by atoms with Crippen LogP contribution in [0.2, 0.25) is 5.02 Å². The van der Waals surface area contributed by atoms with Crippen molar-refractivity contribution in [3.05, 3.63) is 34.9 Å². The average Bonchev–Trinajstić information content (AvgIpc) is 3.26. The third-order valence-electron chi connectivity index (χ3n) is 6.10. The van der Waals surface area contributed by atoms with Gasteiger partial charge in [0.15, 0.2) is 0 Å². The van der Waals surface area contributed by atoms with Crippen LogP contribution in [0.5, 0.6) is 0 Å². The molecular formula is C19H25ClN2O. The van der Waals surface area contributed by atoms with E-state index in [2.05, 4.69) is 21.9 Å². The normalized spacial score (nSPS) is 29.3. The van der Waals surface area contributed by atoms with Gasteiger partial charge in [-0.25, -0.2) is 0 Å². The summed E-state index contributed by atoms with van der Waals surface area (Å²) >= 11 is 5.99. The highest BCUT2D eigenvalue weighted by Crippen LogP contribution is 2.42. The van der Waals surface area contributed by atoms with Crippen LogP contribution in [0.25, 0.3) is 0 Å². The third-order valence-corrected chi connectivity index (χ3v) is 6.35. The molecule has 2 saturated heterocycles. The number of hydrogen-bond donors (Lipinski definition) is 0. The van der Waals surface area contributed by atoms with Crippen molar-refractivity contribution in [2.45, 2.75) is 63.1 Å². The summed E-state index contributed by atoms with van der Waals surface area (Å²) in [5, 5.41) is 0.772. The van der Waals surface area contributed by atoms with Crippen LogP contribution in [0.3, 0.4) is 0 Å². The quantitative estimate of drug-likeness (QED) is 0.839. The zero-order valence-electron chi connectivity index (χ0n) is 13.6. The van der Waals surface area contributed by atoms with Crippen LogP contribution < -0.4 is 0 Å². The number of amides is 1. The molecule has 3 nitrogen and oxygen atoms in total. The lowest BCUT2D eigenvalue weighted by atomic mass is 9.93. The fourth-order valence-electron chi connectivity index (χ4n) is 4.85. The summed E-state index contributed by atoms with van der Waals surface area (Å²) in [6.45, 7) is 2.86. The highest BCUT2D eigenvalue weighted by Gasteiger charge is 2.54. The van der Waals surface area contributed by atoms with Crippen molar-refractivity contribution in [1.82, 2.24) is 9.80 Å². The minimum absolute atomic E-state index is 0.220. The smallest absolute Gasteiger partial charge is 0.243 e. The number of halogens is 1. The molecule has 124 valence electrons. The lowest BCUT2D eigenvalue weighted by molar-refractivity contribution is -0.138. The minimum atomic E-state index is -0.220. The Hall–Kier alpha value is -1.06. The summed E-state index contributed by atoms with van der Waals surface area (Å²) in [7, 11) is 0. The van der Waals surface area contributed by atoms with Crippen LogP contribution >= 0.6 is 11.6 Å². The van der Waals surface area contributed by atoms with Crippen LogP contribution in [-0.2, 0) is 11.3 Å². The molecule has 1 aromatic rings. The van der Waals surface area contributed by atoms with Crippen molar-refractivity contribution < 1.29 is 4.79 Å². The van der Waals surface area contributed by atoms with Crippen molar-refractivity contribution in [2.24, 2.45) is 0 Å². The molecule has 2 heterocycles. The van der Waals surface area contributed by atoms with Crippen molar-refractivity contribution >= 4 is 17.5 Å². The molecule has 2 aliphatic heterocycles. The van der Waals surface area contributed by atoms with Crippen molar-refractivity contribution in [3.8, 4) is 0 Å². The number of carbonyl (C=O) groups is 1. The van der Waals surface area contributed by atoms with Gasteiger partial charge in [0.2, 0.25) is 5.91 Å². The standard InChI is InChI=1S/C19H25ClN2O/c20-16-8-6-15(7-9-16)14-21-12-3-10-19(21)11-13-22(18(19)23)17-4-1-2-5-17/h6-9,17H,1-5,10-14H2. The second-order valence-corrected chi connectivity index (χ2v) is 7.81. The molecule has 3 aliphatic rings. The first-order valence-electron chi connectivity index (χ1n) is 9.00. The number of carbonyl (C=O) groups excluding carboxylic acids is 1. The topological polar surface area (TPSA) is 23.6 Å². The van der Waals surface area contributed by atoms with Gasteiger partial charge >= 0.3 is 0 Å². The lowest BCUT2D eigenvalue weighted by Crippen LogP contribution is -2.51. The molecule has 0 aromatic heterocycles. The maximum Gasteiger partial charge on any atom is 0.243 e. The van der Waals surface area contributed by atoms with E-state index in [9.17, 15) is 4.79 Å². The second kappa shape index (κ2) is 6.10. The zero-order chi connectivity index (χ0) is 15.9. The first-order chi connectivity index (χ1) is 11.2. The van der Waals surface area contributed by atoms with E-state index < -0.39 is 0 Å². The summed E-state index contributed by atoms with van der Waals surface area (Å²) in [4.78, 5) is 17.9. The molecule has 1 aliphatic carbocycles. The van der Waals surface area contributed by atoms with Gasteiger partial charge in [-0.05, 0) is 56.3 Å². The summed E-state index contributed by atoms with van der Waals surface area (Å²) in [6, 6.07) is 8.58. The average molecular weight is 333 g/mol. The van der Waals surface area contributed by atoms with E-state index in [4.69, 9.17) is 11.6 Å². The number of likely N-dealkylation sites (tertiary alicyclic amines) is 2. The molecule has 1 saturated carbocycles. The predicted molar refractivity (Wildman–Crippen MR) is 92.4 cm³/mol. The Kier molecular flexibility index (Phi) is 4.10. The molecule has 0 radical (unpaired) electrons. The lowest BCUT2D eigenvalue weighted by Gasteiger charge is -2.34. The molecule has 1 aromatic carbocycles. The second-order valence-electron chi connectivity index (χ2n) is 7.37. The first kappa shape index (κ1) is 15.5. The van der Waals surface area contributed by atoms with Crippen LogP contribution in [-0.4, -0.2) is 40.4 Å². The van der Waals surface area contributed by atoms with Crippen LogP contribution in [0.1, 0.15) is 50.5 Å². The molecular weight excluding hydrogens is 308 g/mol. The van der Waals surface area contributed by atoms with Gasteiger partial charge in [-0.15, -0.1) is 0 Å². The van der Waals surface area contributed by atoms with E-state index in [0.717, 1.165) is 43.9 Å². The molecule has 1 atom stereocenters. The maximum atomic E-state index is 13.2. The monoisotopic (exact) mass is 332 g/mol. The Morgan fingerprint density at radius 1 is 1.04 bits per heavy atom. The maximum absolute atomic E-state index is 13.2. The molecule has 0 bridgehead atoms. The molecule has 4 rings (SSSR count). The Bertz CT molecular complexity index is 582. The van der Waals surface area contributed by atoms with Gasteiger partial charge in [-0.2, -0.15) is 0 Å². The van der Waals surface area contributed by atoms with Crippen LogP contribution in [0, 0.1) is 0 Å². The highest BCUT2D eigenvalue weighted by atomic mass is 35.5. The summed E-state index contributed by atoms with van der Waals surface area (Å²) in [6.07, 6.45) is 8.17. The highest BCUT2D eigenvalue weighted by molar-refractivity contribution is 6.30. The number of benzene rings is 1. The molecule has 1 unspecified atom stereocenters. The van der Waals surface area contributed by atoms with Gasteiger partial charge in [0.05, 0.1) is 0 Å². The van der Waals surface area contributed by atoms with Crippen molar-refractivity contribution in [1.29, 1.82) is 0 Å². The van der Waals surface area contributed by atoms with Crippen molar-refractivity contribution in [3.63, 3.8) is 0 Å². The fourth-order valence-corrected chi connectivity index (χ4v) is 4.97. The van der Waals surface area contributed by atoms with Crippen molar-refractivity contribution in [2.75, 3.05) is 13.1 Å². The van der Waals surface area contributed by atoms with E-state index in [0.29, 0.717) is 11.9 Å². The Morgan fingerprint density at radius 2 is 1.78 bits per heavy atom. The summed E-state index contributed by atoms with van der Waals surface area (Å²) in [5.74, 6) is 0.413. The van der Waals surface area contributed by atoms with Gasteiger partial charge in [0.25, 0.3) is 0 Å². The molecule has 4 heteroatoms. The van der Waals surface area contributed by atoms with Gasteiger partial charge in [-0.1, -0.05) is 36.6 Å². The van der Waals surface area contributed by atoms with Gasteiger partial charge in [0, 0.05) is 24.2 Å². The van der Waals surface area contributed by atoms with Crippen LogP contribution in [0.15, 0.2) is 24.3 Å². The third kappa shape index (κ3) is 2.68. The minimum Gasteiger partial charge on any atom is -0.338 e. The fraction of sp³-hybridized carbons (Fsp3) is 0.632. The van der Waals surface area contributed by atoms with E-state index in [1.807, 2.05) is 12.1 Å². The number of rotatable bonds is 3. The summed E-state index contributed by atoms with van der Waals surface area (Å²) < 4.78 is 0. The molecule has 0 N–H and O–H groups in total. The Labute approximate surface area is 143 Å². The predicted octanol–water partition coefficient (Wildman–Crippen LogP) is 3.85. The zero-order valence-corrected chi connectivity index (χ0v) is 14.4. The number of nitrogens with zero attached hydrogens (tertiary/aromatic N) is 2.